The topological polar surface area (TPSA) is 46.2 Å². The summed E-state index contributed by atoms with van der Waals surface area (Å²) in [4.78, 5) is -0.140. The molecule has 0 aromatic heterocycles. The second kappa shape index (κ2) is 5.36. The molecule has 2 rings (SSSR count). The molecule has 3 nitrogen and oxygen atoms in total. The molecule has 7 heteroatoms. The molecule has 0 atom stereocenters. The van der Waals surface area contributed by atoms with Crippen molar-refractivity contribution in [3.8, 4) is 0 Å². The van der Waals surface area contributed by atoms with Crippen LogP contribution < -0.4 is 4.72 Å². The SMILES string of the molecule is O=S(=O)(Nc1ccccc1Cl)c1ccc(F)c(Cl)c1. The fourth-order valence-electron chi connectivity index (χ4n) is 1.39. The number of benzene rings is 2. The summed E-state index contributed by atoms with van der Waals surface area (Å²) in [5.74, 6) is -0.682. The second-order valence-corrected chi connectivity index (χ2v) is 6.16. The van der Waals surface area contributed by atoms with E-state index in [0.717, 1.165) is 18.2 Å². The number of halogens is 3. The fourth-order valence-corrected chi connectivity index (χ4v) is 2.98. The molecule has 2 aromatic rings. The molecule has 0 fully saturated rings. The van der Waals surface area contributed by atoms with E-state index in [4.69, 9.17) is 23.2 Å². The van der Waals surface area contributed by atoms with Crippen LogP contribution in [0.15, 0.2) is 47.4 Å². The molecule has 1 N–H and O–H groups in total. The van der Waals surface area contributed by atoms with Gasteiger partial charge >= 0.3 is 0 Å². The average Bonchev–Trinajstić information content (AvgIpc) is 2.35. The van der Waals surface area contributed by atoms with Crippen LogP contribution in [0.4, 0.5) is 10.1 Å². The van der Waals surface area contributed by atoms with Gasteiger partial charge in [0.05, 0.1) is 20.6 Å². The van der Waals surface area contributed by atoms with E-state index in [1.54, 1.807) is 18.2 Å². The number of sulfonamides is 1. The molecular formula is C12H8Cl2FNO2S. The highest BCUT2D eigenvalue weighted by atomic mass is 35.5. The van der Waals surface area contributed by atoms with Gasteiger partial charge in [-0.2, -0.15) is 0 Å². The minimum Gasteiger partial charge on any atom is -0.278 e. The summed E-state index contributed by atoms with van der Waals surface area (Å²) in [6, 6.07) is 9.54. The van der Waals surface area contributed by atoms with Crippen LogP contribution in [-0.4, -0.2) is 8.42 Å². The normalized spacial score (nSPS) is 11.3. The highest BCUT2D eigenvalue weighted by molar-refractivity contribution is 7.92. The number of anilines is 1. The molecule has 2 aromatic carbocycles. The molecule has 0 bridgehead atoms. The minimum absolute atomic E-state index is 0.140. The van der Waals surface area contributed by atoms with Crippen molar-refractivity contribution in [3.05, 3.63) is 58.3 Å². The molecular weight excluding hydrogens is 312 g/mol. The third-order valence-corrected chi connectivity index (χ3v) is 4.30. The van der Waals surface area contributed by atoms with Gasteiger partial charge in [0.2, 0.25) is 0 Å². The van der Waals surface area contributed by atoms with E-state index in [1.807, 2.05) is 0 Å². The summed E-state index contributed by atoms with van der Waals surface area (Å²) in [5, 5.41) is 0.00122. The van der Waals surface area contributed by atoms with Crippen LogP contribution in [0.1, 0.15) is 0 Å². The van der Waals surface area contributed by atoms with Crippen molar-refractivity contribution in [2.75, 3.05) is 4.72 Å². The third kappa shape index (κ3) is 3.18. The summed E-state index contributed by atoms with van der Waals surface area (Å²) in [6.07, 6.45) is 0. The zero-order chi connectivity index (χ0) is 14.0. The Morgan fingerprint density at radius 1 is 1.00 bits per heavy atom. The minimum atomic E-state index is -3.86. The number of hydrogen-bond acceptors (Lipinski definition) is 2. The number of rotatable bonds is 3. The highest BCUT2D eigenvalue weighted by Crippen LogP contribution is 2.25. The second-order valence-electron chi connectivity index (χ2n) is 3.66. The maximum absolute atomic E-state index is 13.0. The Bertz CT molecular complexity index is 719. The molecule has 0 spiro atoms. The van der Waals surface area contributed by atoms with Gasteiger partial charge in [0.25, 0.3) is 10.0 Å². The van der Waals surface area contributed by atoms with E-state index in [0.29, 0.717) is 0 Å². The maximum Gasteiger partial charge on any atom is 0.261 e. The van der Waals surface area contributed by atoms with Crippen molar-refractivity contribution < 1.29 is 12.8 Å². The summed E-state index contributed by atoms with van der Waals surface area (Å²) < 4.78 is 39.5. The van der Waals surface area contributed by atoms with Crippen molar-refractivity contribution in [1.82, 2.24) is 0 Å². The van der Waals surface area contributed by atoms with Gasteiger partial charge in [-0.3, -0.25) is 4.72 Å². The molecule has 0 aliphatic heterocycles. The number of hydrogen-bond donors (Lipinski definition) is 1. The van der Waals surface area contributed by atoms with Crippen molar-refractivity contribution in [3.63, 3.8) is 0 Å². The molecule has 0 saturated carbocycles. The highest BCUT2D eigenvalue weighted by Gasteiger charge is 2.17. The van der Waals surface area contributed by atoms with Crippen LogP contribution in [0.5, 0.6) is 0 Å². The predicted octanol–water partition coefficient (Wildman–Crippen LogP) is 3.93. The molecule has 0 aliphatic carbocycles. The predicted molar refractivity (Wildman–Crippen MR) is 73.7 cm³/mol. The maximum atomic E-state index is 13.0. The third-order valence-electron chi connectivity index (χ3n) is 2.32. The lowest BCUT2D eigenvalue weighted by atomic mass is 10.3. The van der Waals surface area contributed by atoms with Gasteiger partial charge in [0.15, 0.2) is 0 Å². The van der Waals surface area contributed by atoms with E-state index >= 15 is 0 Å². The lowest BCUT2D eigenvalue weighted by Gasteiger charge is -2.09. The van der Waals surface area contributed by atoms with Crippen molar-refractivity contribution in [2.24, 2.45) is 0 Å². The van der Waals surface area contributed by atoms with Crippen molar-refractivity contribution >= 4 is 38.9 Å². The van der Waals surface area contributed by atoms with Gasteiger partial charge in [0, 0.05) is 0 Å². The van der Waals surface area contributed by atoms with Gasteiger partial charge in [-0.15, -0.1) is 0 Å². The molecule has 100 valence electrons. The van der Waals surface area contributed by atoms with Gasteiger partial charge in [-0.05, 0) is 30.3 Å². The van der Waals surface area contributed by atoms with Crippen LogP contribution >= 0.6 is 23.2 Å². The van der Waals surface area contributed by atoms with Crippen LogP contribution in [-0.2, 0) is 10.0 Å². The van der Waals surface area contributed by atoms with Crippen LogP contribution in [0.3, 0.4) is 0 Å². The quantitative estimate of drug-likeness (QED) is 0.931. The molecule has 0 radical (unpaired) electrons. The first kappa shape index (κ1) is 14.1. The summed E-state index contributed by atoms with van der Waals surface area (Å²) >= 11 is 11.4. The van der Waals surface area contributed by atoms with Crippen molar-refractivity contribution in [2.45, 2.75) is 4.90 Å². The number of nitrogens with one attached hydrogen (secondary N) is 1. The first-order valence-electron chi connectivity index (χ1n) is 5.12. The largest absolute Gasteiger partial charge is 0.278 e. The molecule has 19 heavy (non-hydrogen) atoms. The molecule has 0 heterocycles. The molecule has 0 saturated heterocycles. The monoisotopic (exact) mass is 319 g/mol. The van der Waals surface area contributed by atoms with Gasteiger partial charge in [-0.25, -0.2) is 12.8 Å². The van der Waals surface area contributed by atoms with Crippen molar-refractivity contribution in [1.29, 1.82) is 0 Å². The fraction of sp³-hybridized carbons (Fsp3) is 0. The summed E-state index contributed by atoms with van der Waals surface area (Å²) in [7, 11) is -3.86. The van der Waals surface area contributed by atoms with E-state index in [2.05, 4.69) is 4.72 Å². The molecule has 0 unspecified atom stereocenters. The number of para-hydroxylation sites is 1. The van der Waals surface area contributed by atoms with Gasteiger partial charge < -0.3 is 0 Å². The zero-order valence-electron chi connectivity index (χ0n) is 9.40. The Hall–Kier alpha value is -1.30. The van der Waals surface area contributed by atoms with E-state index in [9.17, 15) is 12.8 Å². The Morgan fingerprint density at radius 3 is 2.32 bits per heavy atom. The Labute approximate surface area is 120 Å². The first-order chi connectivity index (χ1) is 8.90. The van der Waals surface area contributed by atoms with Crippen LogP contribution in [0, 0.1) is 5.82 Å². The summed E-state index contributed by atoms with van der Waals surface area (Å²) in [5.41, 5.74) is 0.240. The van der Waals surface area contributed by atoms with Crippen LogP contribution in [0.25, 0.3) is 0 Å². The van der Waals surface area contributed by atoms with E-state index in [-0.39, 0.29) is 20.6 Å². The Kier molecular flexibility index (Phi) is 3.99. The zero-order valence-corrected chi connectivity index (χ0v) is 11.7. The van der Waals surface area contributed by atoms with E-state index < -0.39 is 15.8 Å². The summed E-state index contributed by atoms with van der Waals surface area (Å²) in [6.45, 7) is 0. The standard InChI is InChI=1S/C12H8Cl2FNO2S/c13-9-3-1-2-4-12(9)16-19(17,18)8-5-6-11(15)10(14)7-8/h1-7,16H. The first-order valence-corrected chi connectivity index (χ1v) is 7.36. The molecule has 0 amide bonds. The van der Waals surface area contributed by atoms with Crippen LogP contribution in [0.2, 0.25) is 10.0 Å². The smallest absolute Gasteiger partial charge is 0.261 e. The van der Waals surface area contributed by atoms with E-state index in [1.165, 1.54) is 6.07 Å². The lowest BCUT2D eigenvalue weighted by Crippen LogP contribution is -2.13. The van der Waals surface area contributed by atoms with Gasteiger partial charge in [-0.1, -0.05) is 35.3 Å². The van der Waals surface area contributed by atoms with Gasteiger partial charge in [0.1, 0.15) is 5.82 Å². The lowest BCUT2D eigenvalue weighted by molar-refractivity contribution is 0.599. The Morgan fingerprint density at radius 2 is 1.68 bits per heavy atom. The Balaban J connectivity index is 2.38. The average molecular weight is 320 g/mol. The molecule has 0 aliphatic rings.